The summed E-state index contributed by atoms with van der Waals surface area (Å²) in [6.07, 6.45) is 0. The van der Waals surface area contributed by atoms with Gasteiger partial charge in [0, 0.05) is 14.0 Å². The highest BCUT2D eigenvalue weighted by Gasteiger charge is 2.54. The van der Waals surface area contributed by atoms with Crippen LogP contribution in [0.2, 0.25) is 0 Å². The third-order valence-corrected chi connectivity index (χ3v) is 7.98. The van der Waals surface area contributed by atoms with Gasteiger partial charge in [-0.2, -0.15) is 0 Å². The highest BCUT2D eigenvalue weighted by molar-refractivity contribution is 14.1. The minimum Gasteiger partial charge on any atom is -0.306 e. The molecule has 0 aliphatic rings. The largest absolute Gasteiger partial charge is 0.382 e. The van der Waals surface area contributed by atoms with Crippen LogP contribution >= 0.6 is 41.9 Å². The van der Waals surface area contributed by atoms with Crippen molar-refractivity contribution >= 4 is 41.9 Å². The van der Waals surface area contributed by atoms with Crippen LogP contribution < -0.4 is 0 Å². The lowest BCUT2D eigenvalue weighted by Crippen LogP contribution is -2.20. The molecule has 2 rings (SSSR count). The number of hydrogen-bond acceptors (Lipinski definition) is 4. The minimum absolute atomic E-state index is 0.0999. The summed E-state index contributed by atoms with van der Waals surface area (Å²) in [5.74, 6) is 0. The Balaban J connectivity index is 2.54. The average molecular weight is 480 g/mol. The number of benzene rings is 2. The van der Waals surface area contributed by atoms with Crippen molar-refractivity contribution < 1.29 is 18.0 Å². The Morgan fingerprint density at radius 1 is 1.04 bits per heavy atom. The average Bonchev–Trinajstić information content (AvgIpc) is 2.56. The molecule has 24 heavy (non-hydrogen) atoms. The SMILES string of the molecule is CCOP(=O)(OCC)C(F)(Sc1ccccc1)c1ccc(I)cc1. The van der Waals surface area contributed by atoms with Gasteiger partial charge in [0.05, 0.1) is 13.2 Å². The van der Waals surface area contributed by atoms with E-state index in [1.54, 1.807) is 50.2 Å². The lowest BCUT2D eigenvalue weighted by atomic mass is 10.2. The molecule has 1 atom stereocenters. The minimum atomic E-state index is -4.05. The quantitative estimate of drug-likeness (QED) is 0.248. The second kappa shape index (κ2) is 8.81. The second-order valence-corrected chi connectivity index (χ2v) is 9.73. The van der Waals surface area contributed by atoms with Crippen LogP contribution in [0.4, 0.5) is 4.39 Å². The topological polar surface area (TPSA) is 35.5 Å². The predicted octanol–water partition coefficient (Wildman–Crippen LogP) is 6.43. The van der Waals surface area contributed by atoms with E-state index in [0.29, 0.717) is 4.90 Å². The zero-order valence-electron chi connectivity index (χ0n) is 13.4. The molecule has 0 saturated heterocycles. The number of alkyl halides is 1. The van der Waals surface area contributed by atoms with E-state index in [1.165, 1.54) is 0 Å². The summed E-state index contributed by atoms with van der Waals surface area (Å²) in [7, 11) is -4.05. The van der Waals surface area contributed by atoms with Crippen LogP contribution in [0, 0.1) is 3.57 Å². The Kier molecular flexibility index (Phi) is 7.31. The molecule has 2 aromatic carbocycles. The summed E-state index contributed by atoms with van der Waals surface area (Å²) in [6.45, 7) is 3.55. The molecule has 0 heterocycles. The Labute approximate surface area is 160 Å². The van der Waals surface area contributed by atoms with Gasteiger partial charge in [-0.3, -0.25) is 4.57 Å². The third-order valence-electron chi connectivity index (χ3n) is 3.15. The van der Waals surface area contributed by atoms with Crippen molar-refractivity contribution in [2.45, 2.75) is 23.5 Å². The van der Waals surface area contributed by atoms with Crippen molar-refractivity contribution in [2.24, 2.45) is 0 Å². The van der Waals surface area contributed by atoms with E-state index in [9.17, 15) is 4.57 Å². The Morgan fingerprint density at radius 2 is 1.58 bits per heavy atom. The van der Waals surface area contributed by atoms with Crippen molar-refractivity contribution in [1.82, 2.24) is 0 Å². The summed E-state index contributed by atoms with van der Waals surface area (Å²) in [5, 5.41) is 0. The molecule has 0 amide bonds. The fraction of sp³-hybridized carbons (Fsp3) is 0.294. The second-order valence-electron chi connectivity index (χ2n) is 4.82. The Bertz CT molecular complexity index is 689. The first-order valence-electron chi connectivity index (χ1n) is 7.53. The third kappa shape index (κ3) is 4.41. The van der Waals surface area contributed by atoms with Crippen molar-refractivity contribution in [1.29, 1.82) is 0 Å². The van der Waals surface area contributed by atoms with Crippen molar-refractivity contribution in [3.05, 3.63) is 63.7 Å². The number of rotatable bonds is 8. The molecule has 0 radical (unpaired) electrons. The molecular formula is C17H19FIO3PS. The number of thioether (sulfide) groups is 1. The molecule has 1 unspecified atom stereocenters. The zero-order valence-corrected chi connectivity index (χ0v) is 17.3. The summed E-state index contributed by atoms with van der Waals surface area (Å²) in [5.41, 5.74) is 0.266. The Morgan fingerprint density at radius 3 is 2.08 bits per heavy atom. The first kappa shape index (κ1) is 19.9. The highest BCUT2D eigenvalue weighted by Crippen LogP contribution is 2.72. The van der Waals surface area contributed by atoms with Crippen LogP contribution in [0.5, 0.6) is 0 Å². The zero-order chi connectivity index (χ0) is 17.6. The first-order valence-corrected chi connectivity index (χ1v) is 11.0. The van der Waals surface area contributed by atoms with E-state index in [4.69, 9.17) is 9.05 Å². The summed E-state index contributed by atoms with van der Waals surface area (Å²) >= 11 is 3.00. The van der Waals surface area contributed by atoms with Gasteiger partial charge in [0.1, 0.15) is 0 Å². The molecule has 0 aromatic heterocycles. The molecule has 0 bridgehead atoms. The molecule has 0 aliphatic carbocycles. The monoisotopic (exact) mass is 480 g/mol. The molecule has 7 heteroatoms. The van der Waals surface area contributed by atoms with E-state index in [0.717, 1.165) is 15.3 Å². The molecular weight excluding hydrogens is 461 g/mol. The van der Waals surface area contributed by atoms with E-state index in [2.05, 4.69) is 22.6 Å². The maximum atomic E-state index is 16.2. The smallest absolute Gasteiger partial charge is 0.306 e. The van der Waals surface area contributed by atoms with E-state index in [-0.39, 0.29) is 18.8 Å². The summed E-state index contributed by atoms with van der Waals surface area (Å²) in [6, 6.07) is 15.8. The van der Waals surface area contributed by atoms with Crippen LogP contribution in [-0.2, 0) is 18.4 Å². The lowest BCUT2D eigenvalue weighted by molar-refractivity contribution is 0.180. The van der Waals surface area contributed by atoms with Gasteiger partial charge in [-0.1, -0.05) is 42.1 Å². The fourth-order valence-electron chi connectivity index (χ4n) is 2.12. The summed E-state index contributed by atoms with van der Waals surface area (Å²) in [4.78, 5) is 0.651. The molecule has 0 spiro atoms. The van der Waals surface area contributed by atoms with Gasteiger partial charge >= 0.3 is 7.60 Å². The van der Waals surface area contributed by atoms with Gasteiger partial charge in [-0.25, -0.2) is 4.39 Å². The maximum Gasteiger partial charge on any atom is 0.382 e. The van der Waals surface area contributed by atoms with E-state index >= 15 is 4.39 Å². The van der Waals surface area contributed by atoms with Gasteiger partial charge in [0.15, 0.2) is 0 Å². The number of halogens is 2. The molecule has 0 fully saturated rings. The first-order chi connectivity index (χ1) is 11.4. The van der Waals surface area contributed by atoms with E-state index < -0.39 is 12.3 Å². The van der Waals surface area contributed by atoms with Gasteiger partial charge < -0.3 is 9.05 Å². The van der Waals surface area contributed by atoms with Crippen LogP contribution in [-0.4, -0.2) is 13.2 Å². The lowest BCUT2D eigenvalue weighted by Gasteiger charge is -2.32. The molecule has 3 nitrogen and oxygen atoms in total. The van der Waals surface area contributed by atoms with Crippen molar-refractivity contribution in [2.75, 3.05) is 13.2 Å². The van der Waals surface area contributed by atoms with Crippen molar-refractivity contribution in [3.63, 3.8) is 0 Å². The van der Waals surface area contributed by atoms with Gasteiger partial charge in [-0.05, 0) is 60.7 Å². The van der Waals surface area contributed by atoms with Gasteiger partial charge in [-0.15, -0.1) is 0 Å². The van der Waals surface area contributed by atoms with Crippen LogP contribution in [0.25, 0.3) is 0 Å². The highest BCUT2D eigenvalue weighted by atomic mass is 127. The van der Waals surface area contributed by atoms with Gasteiger partial charge in [0.2, 0.25) is 0 Å². The van der Waals surface area contributed by atoms with Gasteiger partial charge in [0.25, 0.3) is 4.74 Å². The van der Waals surface area contributed by atoms with E-state index in [1.807, 2.05) is 18.2 Å². The van der Waals surface area contributed by atoms with Crippen molar-refractivity contribution in [3.8, 4) is 0 Å². The standard InChI is InChI=1S/C17H19FIO3PS/c1-3-21-23(20,22-4-2)17(18,14-10-12-15(19)13-11-14)24-16-8-6-5-7-9-16/h5-13H,3-4H2,1-2H3. The molecule has 0 saturated carbocycles. The van der Waals surface area contributed by atoms with Crippen LogP contribution in [0.15, 0.2) is 59.5 Å². The molecule has 130 valence electrons. The molecule has 2 aromatic rings. The maximum absolute atomic E-state index is 16.2. The Hall–Kier alpha value is -0.400. The normalized spacial score (nSPS) is 14.3. The summed E-state index contributed by atoms with van der Waals surface area (Å²) < 4.78 is 38.8. The number of hydrogen-bond donors (Lipinski definition) is 0. The molecule has 0 aliphatic heterocycles. The fourth-order valence-corrected chi connectivity index (χ4v) is 5.97. The van der Waals surface area contributed by atoms with Crippen LogP contribution in [0.3, 0.4) is 0 Å². The molecule has 0 N–H and O–H groups in total. The predicted molar refractivity (Wildman–Crippen MR) is 105 cm³/mol. The van der Waals surface area contributed by atoms with Crippen LogP contribution in [0.1, 0.15) is 19.4 Å².